The number of ether oxygens (including phenoxy) is 1. The van der Waals surface area contributed by atoms with Crippen LogP contribution in [0.4, 0.5) is 0 Å². The van der Waals surface area contributed by atoms with Crippen molar-refractivity contribution in [1.29, 1.82) is 0 Å². The van der Waals surface area contributed by atoms with Crippen molar-refractivity contribution in [2.24, 2.45) is 5.10 Å². The summed E-state index contributed by atoms with van der Waals surface area (Å²) in [6.45, 7) is 3.35. The molecule has 1 aromatic heterocycles. The number of hydrogen-bond donors (Lipinski definition) is 1. The number of carbonyl (C=O) groups is 2. The molecule has 0 bridgehead atoms. The number of hydrogen-bond acceptors (Lipinski definition) is 5. The Bertz CT molecular complexity index is 1290. The number of amides is 1. The average molecular weight is 438 g/mol. The fraction of sp³-hybridized carbons (Fsp3) is 0.0769. The van der Waals surface area contributed by atoms with Crippen LogP contribution in [0, 0.1) is 6.92 Å². The third kappa shape index (κ3) is 5.40. The first-order valence-corrected chi connectivity index (χ1v) is 10.3. The van der Waals surface area contributed by atoms with Gasteiger partial charge < -0.3 is 4.74 Å². The van der Waals surface area contributed by atoms with E-state index in [1.54, 1.807) is 35.2 Å². The number of hydrazone groups is 1. The minimum Gasteiger partial charge on any atom is -0.427 e. The summed E-state index contributed by atoms with van der Waals surface area (Å²) in [7, 11) is 0. The molecule has 0 aliphatic heterocycles. The summed E-state index contributed by atoms with van der Waals surface area (Å²) >= 11 is 0. The number of aromatic nitrogens is 2. The van der Waals surface area contributed by atoms with Gasteiger partial charge in [0.2, 0.25) is 0 Å². The van der Waals surface area contributed by atoms with Gasteiger partial charge >= 0.3 is 5.97 Å². The van der Waals surface area contributed by atoms with E-state index in [0.717, 1.165) is 28.1 Å². The molecule has 3 aromatic carbocycles. The zero-order valence-corrected chi connectivity index (χ0v) is 18.2. The second kappa shape index (κ2) is 9.74. The lowest BCUT2D eigenvalue weighted by Crippen LogP contribution is -2.17. The van der Waals surface area contributed by atoms with Crippen LogP contribution in [0.3, 0.4) is 0 Å². The van der Waals surface area contributed by atoms with Gasteiger partial charge in [0.1, 0.15) is 11.4 Å². The lowest BCUT2D eigenvalue weighted by molar-refractivity contribution is -0.131. The van der Waals surface area contributed by atoms with E-state index in [9.17, 15) is 9.59 Å². The summed E-state index contributed by atoms with van der Waals surface area (Å²) in [5.41, 5.74) is 7.45. The van der Waals surface area contributed by atoms with Gasteiger partial charge in [0.05, 0.1) is 11.9 Å². The van der Waals surface area contributed by atoms with Crippen LogP contribution in [0.1, 0.15) is 28.4 Å². The van der Waals surface area contributed by atoms with E-state index >= 15 is 0 Å². The fourth-order valence-corrected chi connectivity index (χ4v) is 3.20. The van der Waals surface area contributed by atoms with Gasteiger partial charge in [-0.2, -0.15) is 10.2 Å². The molecule has 0 aliphatic rings. The Morgan fingerprint density at radius 3 is 2.33 bits per heavy atom. The Morgan fingerprint density at radius 2 is 1.67 bits per heavy atom. The van der Waals surface area contributed by atoms with Crippen LogP contribution < -0.4 is 10.2 Å². The molecule has 7 heteroatoms. The molecule has 0 spiro atoms. The predicted molar refractivity (Wildman–Crippen MR) is 127 cm³/mol. The number of nitrogens with one attached hydrogen (secondary N) is 1. The van der Waals surface area contributed by atoms with Crippen LogP contribution in [0.15, 0.2) is 90.2 Å². The summed E-state index contributed by atoms with van der Waals surface area (Å²) in [5, 5.41) is 8.88. The van der Waals surface area contributed by atoms with Gasteiger partial charge in [0, 0.05) is 29.8 Å². The van der Waals surface area contributed by atoms with Crippen molar-refractivity contribution in [3.05, 3.63) is 102 Å². The summed E-state index contributed by atoms with van der Waals surface area (Å²) in [6.07, 6.45) is 3.45. The Labute approximate surface area is 191 Å². The number of aryl methyl sites for hydroxylation is 1. The molecule has 0 atom stereocenters. The van der Waals surface area contributed by atoms with Crippen molar-refractivity contribution < 1.29 is 14.3 Å². The molecule has 7 nitrogen and oxygen atoms in total. The monoisotopic (exact) mass is 438 g/mol. The molecule has 0 aliphatic carbocycles. The fourth-order valence-electron chi connectivity index (χ4n) is 3.20. The maximum atomic E-state index is 12.4. The summed E-state index contributed by atoms with van der Waals surface area (Å²) < 4.78 is 6.76. The van der Waals surface area contributed by atoms with Crippen molar-refractivity contribution in [3.8, 4) is 22.7 Å². The molecular weight excluding hydrogens is 416 g/mol. The minimum atomic E-state index is -0.419. The van der Waals surface area contributed by atoms with Gasteiger partial charge in [0.15, 0.2) is 0 Å². The molecule has 1 heterocycles. The average Bonchev–Trinajstić information content (AvgIpc) is 3.24. The number of nitrogens with zero attached hydrogens (tertiary/aromatic N) is 3. The van der Waals surface area contributed by atoms with Crippen LogP contribution in [0.5, 0.6) is 5.75 Å². The van der Waals surface area contributed by atoms with E-state index in [1.807, 2.05) is 67.7 Å². The van der Waals surface area contributed by atoms with E-state index in [2.05, 4.69) is 10.5 Å². The first kappa shape index (κ1) is 21.7. The molecule has 4 rings (SSSR count). The summed E-state index contributed by atoms with van der Waals surface area (Å²) in [4.78, 5) is 23.5. The van der Waals surface area contributed by atoms with Gasteiger partial charge in [-0.25, -0.2) is 10.1 Å². The Kier molecular flexibility index (Phi) is 6.40. The van der Waals surface area contributed by atoms with Crippen molar-refractivity contribution in [3.63, 3.8) is 0 Å². The molecule has 0 saturated heterocycles. The molecule has 33 heavy (non-hydrogen) atoms. The highest BCUT2D eigenvalue weighted by atomic mass is 16.5. The number of esters is 1. The topological polar surface area (TPSA) is 85.6 Å². The normalized spacial score (nSPS) is 10.8. The summed E-state index contributed by atoms with van der Waals surface area (Å²) in [5.74, 6) is -0.427. The minimum absolute atomic E-state index is 0.374. The van der Waals surface area contributed by atoms with Crippen LogP contribution in [0.25, 0.3) is 16.9 Å². The molecule has 0 unspecified atom stereocenters. The van der Waals surface area contributed by atoms with Crippen molar-refractivity contribution in [1.82, 2.24) is 15.2 Å². The van der Waals surface area contributed by atoms with Gasteiger partial charge in [-0.05, 0) is 43.3 Å². The number of para-hydroxylation sites is 1. The first-order chi connectivity index (χ1) is 16.0. The molecule has 0 fully saturated rings. The molecule has 1 N–H and O–H groups in total. The molecular formula is C26H22N4O3. The second-order valence-electron chi connectivity index (χ2n) is 7.40. The quantitative estimate of drug-likeness (QED) is 0.207. The number of rotatable bonds is 6. The highest BCUT2D eigenvalue weighted by Crippen LogP contribution is 2.23. The van der Waals surface area contributed by atoms with Crippen molar-refractivity contribution in [2.75, 3.05) is 0 Å². The van der Waals surface area contributed by atoms with E-state index in [-0.39, 0.29) is 5.91 Å². The third-order valence-electron chi connectivity index (χ3n) is 4.84. The lowest BCUT2D eigenvalue weighted by Gasteiger charge is -2.03. The zero-order valence-electron chi connectivity index (χ0n) is 18.2. The maximum Gasteiger partial charge on any atom is 0.308 e. The maximum absolute atomic E-state index is 12.4. The second-order valence-corrected chi connectivity index (χ2v) is 7.40. The number of carbonyl (C=O) groups excluding carboxylic acids is 2. The largest absolute Gasteiger partial charge is 0.427 e. The van der Waals surface area contributed by atoms with Crippen LogP contribution in [0.2, 0.25) is 0 Å². The van der Waals surface area contributed by atoms with Gasteiger partial charge in [0.25, 0.3) is 5.91 Å². The Hall–Kier alpha value is -4.52. The smallest absolute Gasteiger partial charge is 0.308 e. The van der Waals surface area contributed by atoms with Gasteiger partial charge in [-0.15, -0.1) is 0 Å². The van der Waals surface area contributed by atoms with E-state index < -0.39 is 5.97 Å². The Balaban J connectivity index is 1.56. The molecule has 0 radical (unpaired) electrons. The predicted octanol–water partition coefficient (Wildman–Crippen LogP) is 4.54. The molecule has 0 saturated carbocycles. The Morgan fingerprint density at radius 1 is 0.970 bits per heavy atom. The van der Waals surface area contributed by atoms with Crippen LogP contribution in [-0.4, -0.2) is 27.9 Å². The first-order valence-electron chi connectivity index (χ1n) is 10.3. The zero-order chi connectivity index (χ0) is 23.2. The lowest BCUT2D eigenvalue weighted by atomic mass is 10.1. The third-order valence-corrected chi connectivity index (χ3v) is 4.84. The SMILES string of the molecule is CC(=O)Oc1ccc(C(=O)N/N=C\c2cn(-c3ccccc3)nc2-c2ccc(C)cc2)cc1. The van der Waals surface area contributed by atoms with E-state index in [4.69, 9.17) is 9.84 Å². The van der Waals surface area contributed by atoms with E-state index in [0.29, 0.717) is 11.3 Å². The molecule has 1 amide bonds. The molecule has 164 valence electrons. The number of benzene rings is 3. The van der Waals surface area contributed by atoms with E-state index in [1.165, 1.54) is 6.92 Å². The van der Waals surface area contributed by atoms with Crippen LogP contribution >= 0.6 is 0 Å². The molecule has 4 aromatic rings. The standard InChI is InChI=1S/C26H22N4O3/c1-18-8-10-20(11-9-18)25-22(17-30(29-25)23-6-4-3-5-7-23)16-27-28-26(32)21-12-14-24(15-13-21)33-19(2)31/h3-17H,1-2H3,(H,28,32)/b27-16-. The van der Waals surface area contributed by atoms with Crippen molar-refractivity contribution in [2.45, 2.75) is 13.8 Å². The summed E-state index contributed by atoms with van der Waals surface area (Å²) in [6, 6.07) is 24.1. The van der Waals surface area contributed by atoms with Crippen LogP contribution in [-0.2, 0) is 4.79 Å². The van der Waals surface area contributed by atoms with Gasteiger partial charge in [-0.3, -0.25) is 9.59 Å². The highest BCUT2D eigenvalue weighted by Gasteiger charge is 2.12. The highest BCUT2D eigenvalue weighted by molar-refractivity contribution is 5.95. The van der Waals surface area contributed by atoms with Gasteiger partial charge in [-0.1, -0.05) is 48.0 Å². The van der Waals surface area contributed by atoms with Crippen molar-refractivity contribution >= 4 is 18.1 Å².